The highest BCUT2D eigenvalue weighted by molar-refractivity contribution is 6.01. The Kier molecular flexibility index (Phi) is 4.64. The molecule has 1 aromatic carbocycles. The SMILES string of the molecule is CCNC(=O)/C(C#N)=C\c1cc(O)c(O)c([N+](=O)[O-])c1. The number of nitriles is 1. The number of nitro groups is 1. The lowest BCUT2D eigenvalue weighted by molar-refractivity contribution is -0.386. The predicted octanol–water partition coefficient (Wildman–Crippen LogP) is 1.05. The molecule has 0 unspecified atom stereocenters. The molecule has 104 valence electrons. The van der Waals surface area contributed by atoms with Crippen molar-refractivity contribution in [3.05, 3.63) is 33.4 Å². The lowest BCUT2D eigenvalue weighted by Crippen LogP contribution is -2.23. The van der Waals surface area contributed by atoms with Crippen LogP contribution in [0.2, 0.25) is 0 Å². The molecule has 20 heavy (non-hydrogen) atoms. The molecule has 0 aliphatic carbocycles. The molecular formula is C12H11N3O5. The molecule has 0 spiro atoms. The Hall–Kier alpha value is -3.08. The van der Waals surface area contributed by atoms with E-state index in [2.05, 4.69) is 5.32 Å². The summed E-state index contributed by atoms with van der Waals surface area (Å²) >= 11 is 0. The molecule has 0 bridgehead atoms. The molecule has 1 rings (SSSR count). The molecule has 3 N–H and O–H groups in total. The fourth-order valence-electron chi connectivity index (χ4n) is 1.42. The van der Waals surface area contributed by atoms with E-state index in [1.807, 2.05) is 0 Å². The minimum Gasteiger partial charge on any atom is -0.504 e. The van der Waals surface area contributed by atoms with Crippen molar-refractivity contribution in [3.63, 3.8) is 0 Å². The number of aromatic hydroxyl groups is 2. The van der Waals surface area contributed by atoms with Gasteiger partial charge in [0.1, 0.15) is 11.6 Å². The number of hydrogen-bond donors (Lipinski definition) is 3. The number of amides is 1. The van der Waals surface area contributed by atoms with Crippen LogP contribution in [0.25, 0.3) is 6.08 Å². The monoisotopic (exact) mass is 277 g/mol. The molecule has 0 fully saturated rings. The van der Waals surface area contributed by atoms with Gasteiger partial charge in [-0.15, -0.1) is 0 Å². The zero-order chi connectivity index (χ0) is 15.3. The second-order valence-corrected chi connectivity index (χ2v) is 3.69. The summed E-state index contributed by atoms with van der Waals surface area (Å²) < 4.78 is 0. The van der Waals surface area contributed by atoms with Gasteiger partial charge in [-0.2, -0.15) is 5.26 Å². The van der Waals surface area contributed by atoms with E-state index in [0.717, 1.165) is 18.2 Å². The molecule has 0 aromatic heterocycles. The average Bonchev–Trinajstić information content (AvgIpc) is 2.39. The summed E-state index contributed by atoms with van der Waals surface area (Å²) in [4.78, 5) is 21.3. The van der Waals surface area contributed by atoms with Gasteiger partial charge in [0, 0.05) is 12.6 Å². The number of hydrogen-bond acceptors (Lipinski definition) is 6. The first-order chi connectivity index (χ1) is 9.40. The summed E-state index contributed by atoms with van der Waals surface area (Å²) in [5.41, 5.74) is -0.939. The van der Waals surface area contributed by atoms with Crippen molar-refractivity contribution in [3.8, 4) is 17.6 Å². The van der Waals surface area contributed by atoms with Crippen molar-refractivity contribution in [2.75, 3.05) is 6.54 Å². The first-order valence-corrected chi connectivity index (χ1v) is 5.51. The lowest BCUT2D eigenvalue weighted by atomic mass is 10.1. The van der Waals surface area contributed by atoms with E-state index in [1.54, 1.807) is 13.0 Å². The van der Waals surface area contributed by atoms with Crippen molar-refractivity contribution in [2.24, 2.45) is 0 Å². The Morgan fingerprint density at radius 3 is 2.70 bits per heavy atom. The quantitative estimate of drug-likeness (QED) is 0.247. The Balaban J connectivity index is 3.30. The molecule has 0 saturated carbocycles. The highest BCUT2D eigenvalue weighted by Gasteiger charge is 2.19. The third-order valence-corrected chi connectivity index (χ3v) is 2.30. The predicted molar refractivity (Wildman–Crippen MR) is 68.7 cm³/mol. The van der Waals surface area contributed by atoms with Gasteiger partial charge in [0.25, 0.3) is 5.91 Å². The first-order valence-electron chi connectivity index (χ1n) is 5.51. The van der Waals surface area contributed by atoms with E-state index in [0.29, 0.717) is 6.54 Å². The third kappa shape index (κ3) is 3.23. The van der Waals surface area contributed by atoms with Gasteiger partial charge in [0.15, 0.2) is 5.75 Å². The average molecular weight is 277 g/mol. The molecule has 0 aliphatic heterocycles. The Bertz CT molecular complexity index is 631. The van der Waals surface area contributed by atoms with Crippen LogP contribution in [-0.4, -0.2) is 27.6 Å². The van der Waals surface area contributed by atoms with Crippen LogP contribution in [0.15, 0.2) is 17.7 Å². The number of benzene rings is 1. The summed E-state index contributed by atoms with van der Waals surface area (Å²) in [5.74, 6) is -2.22. The maximum Gasteiger partial charge on any atom is 0.315 e. The number of nitrogens with zero attached hydrogens (tertiary/aromatic N) is 2. The number of rotatable bonds is 4. The lowest BCUT2D eigenvalue weighted by Gasteiger charge is -2.03. The van der Waals surface area contributed by atoms with Crippen LogP contribution < -0.4 is 5.32 Å². The summed E-state index contributed by atoms with van der Waals surface area (Å²) in [6, 6.07) is 3.62. The molecule has 8 nitrogen and oxygen atoms in total. The van der Waals surface area contributed by atoms with Crippen molar-refractivity contribution in [2.45, 2.75) is 6.92 Å². The fraction of sp³-hybridized carbons (Fsp3) is 0.167. The highest BCUT2D eigenvalue weighted by Crippen LogP contribution is 2.36. The molecule has 0 aliphatic rings. The summed E-state index contributed by atoms with van der Waals surface area (Å²) in [7, 11) is 0. The van der Waals surface area contributed by atoms with Crippen LogP contribution in [0.3, 0.4) is 0 Å². The van der Waals surface area contributed by atoms with Crippen molar-refractivity contribution in [1.82, 2.24) is 5.32 Å². The second kappa shape index (κ2) is 6.19. The molecule has 0 heterocycles. The van der Waals surface area contributed by atoms with Gasteiger partial charge in [-0.25, -0.2) is 0 Å². The van der Waals surface area contributed by atoms with E-state index in [-0.39, 0.29) is 11.1 Å². The van der Waals surface area contributed by atoms with E-state index in [4.69, 9.17) is 5.26 Å². The molecular weight excluding hydrogens is 266 g/mol. The zero-order valence-electron chi connectivity index (χ0n) is 10.5. The van der Waals surface area contributed by atoms with Gasteiger partial charge in [-0.1, -0.05) is 0 Å². The molecule has 8 heteroatoms. The summed E-state index contributed by atoms with van der Waals surface area (Å²) in [6.45, 7) is 1.99. The van der Waals surface area contributed by atoms with Gasteiger partial charge in [-0.05, 0) is 24.6 Å². The van der Waals surface area contributed by atoms with E-state index in [1.165, 1.54) is 0 Å². The Morgan fingerprint density at radius 1 is 1.55 bits per heavy atom. The summed E-state index contributed by atoms with van der Waals surface area (Å²) in [5, 5.41) is 40.7. The minimum atomic E-state index is -0.884. The number of likely N-dealkylation sites (N-methyl/N-ethyl adjacent to an activating group) is 1. The molecule has 0 atom stereocenters. The Labute approximate surface area is 113 Å². The van der Waals surface area contributed by atoms with Gasteiger partial charge < -0.3 is 15.5 Å². The number of carbonyl (C=O) groups excluding carboxylic acids is 1. The van der Waals surface area contributed by atoms with Crippen LogP contribution in [0.4, 0.5) is 5.69 Å². The Morgan fingerprint density at radius 2 is 2.20 bits per heavy atom. The smallest absolute Gasteiger partial charge is 0.315 e. The van der Waals surface area contributed by atoms with Crippen molar-refractivity contribution >= 4 is 17.7 Å². The third-order valence-electron chi connectivity index (χ3n) is 2.30. The van der Waals surface area contributed by atoms with Gasteiger partial charge in [0.05, 0.1) is 4.92 Å². The summed E-state index contributed by atoms with van der Waals surface area (Å²) in [6.07, 6.45) is 1.08. The van der Waals surface area contributed by atoms with Gasteiger partial charge in [0.2, 0.25) is 5.75 Å². The van der Waals surface area contributed by atoms with Gasteiger partial charge in [-0.3, -0.25) is 14.9 Å². The molecule has 0 saturated heterocycles. The minimum absolute atomic E-state index is 0.0507. The highest BCUT2D eigenvalue weighted by atomic mass is 16.6. The maximum absolute atomic E-state index is 11.5. The van der Waals surface area contributed by atoms with Crippen LogP contribution in [-0.2, 0) is 4.79 Å². The van der Waals surface area contributed by atoms with Crippen LogP contribution in [0.1, 0.15) is 12.5 Å². The van der Waals surface area contributed by atoms with Gasteiger partial charge >= 0.3 is 5.69 Å². The normalized spacial score (nSPS) is 10.7. The topological polar surface area (TPSA) is 136 Å². The molecule has 0 radical (unpaired) electrons. The van der Waals surface area contributed by atoms with E-state index >= 15 is 0 Å². The number of phenolic OH excluding ortho intramolecular Hbond substituents is 2. The van der Waals surface area contributed by atoms with Crippen LogP contribution >= 0.6 is 0 Å². The standard InChI is InChI=1S/C12H11N3O5/c1-2-14-12(18)8(6-13)3-7-4-9(15(19)20)11(17)10(16)5-7/h3-5,16-17H,2H2,1H3,(H,14,18)/b8-3-. The number of nitro benzene ring substituents is 1. The number of carbonyl (C=O) groups is 1. The maximum atomic E-state index is 11.5. The van der Waals surface area contributed by atoms with Crippen molar-refractivity contribution < 1.29 is 19.9 Å². The van der Waals surface area contributed by atoms with Crippen LogP contribution in [0.5, 0.6) is 11.5 Å². The van der Waals surface area contributed by atoms with Crippen LogP contribution in [0, 0.1) is 21.4 Å². The zero-order valence-corrected chi connectivity index (χ0v) is 10.5. The number of phenols is 2. The second-order valence-electron chi connectivity index (χ2n) is 3.69. The largest absolute Gasteiger partial charge is 0.504 e. The van der Waals surface area contributed by atoms with E-state index in [9.17, 15) is 25.1 Å². The van der Waals surface area contributed by atoms with Crippen molar-refractivity contribution in [1.29, 1.82) is 5.26 Å². The van der Waals surface area contributed by atoms with E-state index < -0.39 is 28.0 Å². The molecule has 1 aromatic rings. The first kappa shape index (κ1) is 15.0. The number of nitrogens with one attached hydrogen (secondary N) is 1. The molecule has 1 amide bonds. The fourth-order valence-corrected chi connectivity index (χ4v) is 1.42.